The van der Waals surface area contributed by atoms with Gasteiger partial charge >= 0.3 is 0 Å². The zero-order valence-corrected chi connectivity index (χ0v) is 18.6. The van der Waals surface area contributed by atoms with E-state index in [-0.39, 0.29) is 12.4 Å². The molecule has 0 aromatic rings. The normalized spacial score (nSPS) is 11.5. The molecule has 0 saturated carbocycles. The van der Waals surface area contributed by atoms with Gasteiger partial charge in [0, 0.05) is 11.8 Å². The van der Waals surface area contributed by atoms with Gasteiger partial charge in [0.25, 0.3) is 0 Å². The van der Waals surface area contributed by atoms with Crippen molar-refractivity contribution >= 4 is 15.9 Å². The number of halogens is 2. The van der Waals surface area contributed by atoms with E-state index in [0.29, 0.717) is 0 Å². The molecule has 0 aromatic carbocycles. The van der Waals surface area contributed by atoms with Crippen molar-refractivity contribution in [3.63, 3.8) is 0 Å². The summed E-state index contributed by atoms with van der Waals surface area (Å²) in [6.07, 6.45) is 18.4. The van der Waals surface area contributed by atoms with Gasteiger partial charge in [-0.1, -0.05) is 81.1 Å². The van der Waals surface area contributed by atoms with Crippen LogP contribution in [0, 0.1) is 0 Å². The van der Waals surface area contributed by atoms with Crippen LogP contribution in [0.15, 0.2) is 0 Å². The van der Waals surface area contributed by atoms with Crippen LogP contribution < -0.4 is 12.4 Å². The Kier molecular flexibility index (Phi) is 21.5. The molecular formula is C20H43BrClN. The van der Waals surface area contributed by atoms with Gasteiger partial charge in [0.1, 0.15) is 0 Å². The quantitative estimate of drug-likeness (QED) is 0.193. The second-order valence-corrected chi connectivity index (χ2v) is 8.16. The molecular weight excluding hydrogens is 370 g/mol. The van der Waals surface area contributed by atoms with E-state index in [0.717, 1.165) is 5.33 Å². The molecule has 0 rings (SSSR count). The van der Waals surface area contributed by atoms with E-state index in [9.17, 15) is 0 Å². The molecule has 0 aliphatic heterocycles. The maximum atomic E-state index is 3.61. The minimum Gasteiger partial charge on any atom is -1.00 e. The highest BCUT2D eigenvalue weighted by molar-refractivity contribution is 9.09. The van der Waals surface area contributed by atoms with Crippen LogP contribution in [0.2, 0.25) is 0 Å². The number of nitrogens with zero attached hydrogens (tertiary/aromatic N) is 1. The molecule has 0 fully saturated rings. The monoisotopic (exact) mass is 411 g/mol. The van der Waals surface area contributed by atoms with Crippen LogP contribution in [0.1, 0.15) is 97.3 Å². The highest BCUT2D eigenvalue weighted by Gasteiger charge is 2.19. The van der Waals surface area contributed by atoms with Gasteiger partial charge in [0.15, 0.2) is 0 Å². The molecule has 23 heavy (non-hydrogen) atoms. The van der Waals surface area contributed by atoms with Crippen molar-refractivity contribution in [1.82, 2.24) is 0 Å². The number of rotatable bonds is 17. The Bertz CT molecular complexity index is 208. The third kappa shape index (κ3) is 17.3. The minimum atomic E-state index is 0. The Labute approximate surface area is 162 Å². The van der Waals surface area contributed by atoms with Gasteiger partial charge in [-0.05, 0) is 25.7 Å². The summed E-state index contributed by atoms with van der Waals surface area (Å²) >= 11 is 3.61. The molecule has 0 spiro atoms. The Hall–Kier alpha value is 0.730. The van der Waals surface area contributed by atoms with Crippen molar-refractivity contribution < 1.29 is 16.9 Å². The SMILES string of the molecule is CCCCCCCC[N+](C)(CCCBr)CCCCCCCC.[Cl-]. The second kappa shape index (κ2) is 19.1. The summed E-state index contributed by atoms with van der Waals surface area (Å²) in [6, 6.07) is 0. The predicted octanol–water partition coefficient (Wildman–Crippen LogP) is 3.94. The Morgan fingerprint density at radius 3 is 1.30 bits per heavy atom. The van der Waals surface area contributed by atoms with Crippen molar-refractivity contribution in [3.05, 3.63) is 0 Å². The number of hydrogen-bond acceptors (Lipinski definition) is 0. The largest absolute Gasteiger partial charge is 1.00 e. The van der Waals surface area contributed by atoms with Gasteiger partial charge < -0.3 is 16.9 Å². The van der Waals surface area contributed by atoms with Gasteiger partial charge in [0.2, 0.25) is 0 Å². The smallest absolute Gasteiger partial charge is 0.0792 e. The number of alkyl halides is 1. The lowest BCUT2D eigenvalue weighted by Gasteiger charge is -2.35. The van der Waals surface area contributed by atoms with E-state index in [4.69, 9.17) is 0 Å². The third-order valence-electron chi connectivity index (χ3n) is 4.93. The van der Waals surface area contributed by atoms with E-state index in [1.165, 1.54) is 108 Å². The van der Waals surface area contributed by atoms with Crippen LogP contribution in [0.4, 0.5) is 0 Å². The standard InChI is InChI=1S/C20H43BrN.ClH/c1-4-6-8-10-12-14-18-22(3,20-16-17-21)19-15-13-11-9-7-5-2;/h4-20H2,1-3H3;1H/q+1;/p-1. The average molecular weight is 413 g/mol. The average Bonchev–Trinajstić information content (AvgIpc) is 2.52. The highest BCUT2D eigenvalue weighted by Crippen LogP contribution is 2.14. The molecule has 0 unspecified atom stereocenters. The van der Waals surface area contributed by atoms with Crippen LogP contribution in [0.25, 0.3) is 0 Å². The van der Waals surface area contributed by atoms with Crippen LogP contribution in [-0.4, -0.2) is 36.5 Å². The maximum absolute atomic E-state index is 3.61. The van der Waals surface area contributed by atoms with Crippen molar-refractivity contribution in [3.8, 4) is 0 Å². The summed E-state index contributed by atoms with van der Waals surface area (Å²) in [5, 5.41) is 1.16. The first-order valence-electron chi connectivity index (χ1n) is 10.1. The second-order valence-electron chi connectivity index (χ2n) is 7.37. The molecule has 0 amide bonds. The zero-order valence-electron chi connectivity index (χ0n) is 16.2. The highest BCUT2D eigenvalue weighted by atomic mass is 79.9. The molecule has 0 heterocycles. The molecule has 142 valence electrons. The van der Waals surface area contributed by atoms with Gasteiger partial charge in [-0.25, -0.2) is 0 Å². The van der Waals surface area contributed by atoms with E-state index < -0.39 is 0 Å². The molecule has 0 aliphatic rings. The first kappa shape index (κ1) is 26.0. The van der Waals surface area contributed by atoms with Crippen LogP contribution >= 0.6 is 15.9 Å². The van der Waals surface area contributed by atoms with Crippen LogP contribution in [0.3, 0.4) is 0 Å². The number of unbranched alkanes of at least 4 members (excludes halogenated alkanes) is 10. The predicted molar refractivity (Wildman–Crippen MR) is 106 cm³/mol. The molecule has 0 aromatic heterocycles. The van der Waals surface area contributed by atoms with E-state index in [1.807, 2.05) is 0 Å². The summed E-state index contributed by atoms with van der Waals surface area (Å²) in [6.45, 7) is 8.75. The Morgan fingerprint density at radius 1 is 0.565 bits per heavy atom. The summed E-state index contributed by atoms with van der Waals surface area (Å²) in [7, 11) is 2.50. The number of hydrogen-bond donors (Lipinski definition) is 0. The molecule has 0 aliphatic carbocycles. The maximum Gasteiger partial charge on any atom is 0.0792 e. The van der Waals surface area contributed by atoms with Crippen molar-refractivity contribution in [2.45, 2.75) is 97.3 Å². The topological polar surface area (TPSA) is 0 Å². The molecule has 0 saturated heterocycles. The summed E-state index contributed by atoms with van der Waals surface area (Å²) in [5.74, 6) is 0. The lowest BCUT2D eigenvalue weighted by atomic mass is 10.1. The van der Waals surface area contributed by atoms with E-state index >= 15 is 0 Å². The summed E-state index contributed by atoms with van der Waals surface area (Å²) in [4.78, 5) is 0. The Balaban J connectivity index is 0. The number of quaternary nitrogens is 1. The van der Waals surface area contributed by atoms with Gasteiger partial charge in [-0.2, -0.15) is 0 Å². The minimum absolute atomic E-state index is 0. The molecule has 3 heteroatoms. The fourth-order valence-electron chi connectivity index (χ4n) is 3.32. The lowest BCUT2D eigenvalue weighted by Crippen LogP contribution is -3.00. The lowest BCUT2D eigenvalue weighted by molar-refractivity contribution is -0.910. The van der Waals surface area contributed by atoms with E-state index in [1.54, 1.807) is 0 Å². The zero-order chi connectivity index (χ0) is 16.5. The molecule has 0 N–H and O–H groups in total. The van der Waals surface area contributed by atoms with E-state index in [2.05, 4.69) is 36.8 Å². The van der Waals surface area contributed by atoms with Crippen molar-refractivity contribution in [2.75, 3.05) is 32.0 Å². The van der Waals surface area contributed by atoms with Crippen LogP contribution in [0.5, 0.6) is 0 Å². The summed E-state index contributed by atoms with van der Waals surface area (Å²) < 4.78 is 1.31. The van der Waals surface area contributed by atoms with Gasteiger partial charge in [-0.3, -0.25) is 0 Å². The fourth-order valence-corrected chi connectivity index (χ4v) is 3.58. The molecule has 0 radical (unpaired) electrons. The Morgan fingerprint density at radius 2 is 0.913 bits per heavy atom. The molecule has 0 bridgehead atoms. The first-order valence-corrected chi connectivity index (χ1v) is 11.2. The molecule has 1 nitrogen and oxygen atoms in total. The fraction of sp³-hybridized carbons (Fsp3) is 1.00. The molecule has 0 atom stereocenters. The van der Waals surface area contributed by atoms with Gasteiger partial charge in [-0.15, -0.1) is 0 Å². The first-order chi connectivity index (χ1) is 10.7. The van der Waals surface area contributed by atoms with Gasteiger partial charge in [0.05, 0.1) is 26.7 Å². The van der Waals surface area contributed by atoms with Crippen molar-refractivity contribution in [2.24, 2.45) is 0 Å². The van der Waals surface area contributed by atoms with Crippen molar-refractivity contribution in [1.29, 1.82) is 0 Å². The summed E-state index contributed by atoms with van der Waals surface area (Å²) in [5.41, 5.74) is 0. The van der Waals surface area contributed by atoms with Crippen LogP contribution in [-0.2, 0) is 0 Å². The third-order valence-corrected chi connectivity index (χ3v) is 5.50.